The maximum Gasteiger partial charge on any atom is 0.313 e. The molecule has 0 bridgehead atoms. The number of esters is 1. The lowest BCUT2D eigenvalue weighted by Crippen LogP contribution is -2.56. The number of aliphatic hydroxyl groups is 1. The largest absolute Gasteiger partial charge is 0.465 e. The Bertz CT molecular complexity index is 841. The zero-order valence-corrected chi connectivity index (χ0v) is 19.7. The molecule has 1 unspecified atom stereocenters. The number of fused-ring (bicyclic) bond motifs is 2. The monoisotopic (exact) mass is 460 g/mol. The van der Waals surface area contributed by atoms with Gasteiger partial charge in [0.15, 0.2) is 0 Å². The van der Waals surface area contributed by atoms with Gasteiger partial charge in [0.05, 0.1) is 19.1 Å². The van der Waals surface area contributed by atoms with E-state index in [1.54, 1.807) is 4.90 Å². The van der Waals surface area contributed by atoms with Crippen molar-refractivity contribution in [1.29, 1.82) is 0 Å². The van der Waals surface area contributed by atoms with E-state index in [0.29, 0.717) is 26.1 Å². The molecule has 0 aromatic carbocycles. The zero-order chi connectivity index (χ0) is 23.6. The van der Waals surface area contributed by atoms with Crippen molar-refractivity contribution in [3.8, 4) is 0 Å². The first-order chi connectivity index (χ1) is 16.0. The number of aliphatic hydroxyl groups excluding tert-OH is 1. The molecule has 33 heavy (non-hydrogen) atoms. The van der Waals surface area contributed by atoms with Crippen LogP contribution in [0, 0.1) is 11.8 Å². The molecule has 2 fully saturated rings. The summed E-state index contributed by atoms with van der Waals surface area (Å²) in [6.07, 6.45) is 12.5. The molecule has 4 heterocycles. The molecule has 4 aliphatic heterocycles. The van der Waals surface area contributed by atoms with Gasteiger partial charge in [-0.15, -0.1) is 0 Å². The molecule has 182 valence electrons. The van der Waals surface area contributed by atoms with E-state index in [1.807, 2.05) is 31.2 Å². The minimum atomic E-state index is -1.28. The lowest BCUT2D eigenvalue weighted by molar-refractivity contribution is -0.161. The molecule has 2 saturated heterocycles. The second-order valence-electron chi connectivity index (χ2n) is 9.48. The van der Waals surface area contributed by atoms with Crippen molar-refractivity contribution in [2.24, 2.45) is 11.8 Å². The second kappa shape index (κ2) is 9.58. The van der Waals surface area contributed by atoms with Gasteiger partial charge in [0.1, 0.15) is 23.2 Å². The Morgan fingerprint density at radius 2 is 1.88 bits per heavy atom. The molecular weight excluding hydrogens is 424 g/mol. The van der Waals surface area contributed by atoms with Gasteiger partial charge >= 0.3 is 5.97 Å². The van der Waals surface area contributed by atoms with Gasteiger partial charge in [-0.05, 0) is 32.1 Å². The quantitative estimate of drug-likeness (QED) is 0.480. The fraction of sp³-hybridized carbons (Fsp3) is 0.720. The number of hydrogen-bond acceptors (Lipinski definition) is 6. The Balaban J connectivity index is 1.85. The van der Waals surface area contributed by atoms with Crippen LogP contribution in [0.15, 0.2) is 24.3 Å². The number of unbranched alkanes of at least 4 members (excludes halogenated alkanes) is 1. The molecule has 5 atom stereocenters. The number of hydrogen-bond donors (Lipinski definition) is 1. The summed E-state index contributed by atoms with van der Waals surface area (Å²) in [6, 6.07) is -0.917. The summed E-state index contributed by atoms with van der Waals surface area (Å²) in [5.74, 6) is -2.69. The summed E-state index contributed by atoms with van der Waals surface area (Å²) in [4.78, 5) is 44.2. The van der Waals surface area contributed by atoms with E-state index < -0.39 is 35.0 Å². The third kappa shape index (κ3) is 3.81. The molecule has 0 aromatic heterocycles. The van der Waals surface area contributed by atoms with Crippen LogP contribution in [0.4, 0.5) is 0 Å². The first-order valence-electron chi connectivity index (χ1n) is 12.4. The molecule has 2 amide bonds. The Hall–Kier alpha value is -2.19. The molecule has 1 spiro atoms. The summed E-state index contributed by atoms with van der Waals surface area (Å²) in [6.45, 7) is 5.07. The summed E-state index contributed by atoms with van der Waals surface area (Å²) >= 11 is 0. The van der Waals surface area contributed by atoms with Crippen LogP contribution >= 0.6 is 0 Å². The van der Waals surface area contributed by atoms with Gasteiger partial charge in [-0.25, -0.2) is 0 Å². The summed E-state index contributed by atoms with van der Waals surface area (Å²) in [5.41, 5.74) is -2.30. The average Bonchev–Trinajstić information content (AvgIpc) is 3.16. The Morgan fingerprint density at radius 3 is 2.61 bits per heavy atom. The summed E-state index contributed by atoms with van der Waals surface area (Å²) in [7, 11) is 0. The molecule has 0 aromatic rings. The van der Waals surface area contributed by atoms with Crippen LogP contribution in [0.25, 0.3) is 0 Å². The fourth-order valence-electron chi connectivity index (χ4n) is 5.98. The minimum Gasteiger partial charge on any atom is -0.465 e. The fourth-order valence-corrected chi connectivity index (χ4v) is 5.98. The first kappa shape index (κ1) is 24.0. The Kier molecular flexibility index (Phi) is 6.96. The number of cyclic esters (lactones) is 1. The minimum absolute atomic E-state index is 0.0169. The molecule has 0 saturated carbocycles. The van der Waals surface area contributed by atoms with Crippen molar-refractivity contribution in [2.45, 2.75) is 69.6 Å². The Morgan fingerprint density at radius 1 is 1.06 bits per heavy atom. The van der Waals surface area contributed by atoms with Crippen LogP contribution in [0.5, 0.6) is 0 Å². The molecule has 8 heteroatoms. The van der Waals surface area contributed by atoms with Gasteiger partial charge < -0.3 is 24.4 Å². The smallest absolute Gasteiger partial charge is 0.313 e. The van der Waals surface area contributed by atoms with Crippen LogP contribution in [0.1, 0.15) is 52.4 Å². The molecule has 0 radical (unpaired) electrons. The first-order valence-corrected chi connectivity index (χ1v) is 12.4. The van der Waals surface area contributed by atoms with Crippen LogP contribution in [0.2, 0.25) is 0 Å². The van der Waals surface area contributed by atoms with Gasteiger partial charge in [0.25, 0.3) is 0 Å². The lowest BCUT2D eigenvalue weighted by Gasteiger charge is -2.38. The number of amides is 2. The number of carbonyl (C=O) groups excluding carboxylic acids is 3. The number of carbonyl (C=O) groups is 3. The number of β-amino-alcohol motifs (C(OH)–C–C–N with tert-alkyl or cyclic N) is 1. The highest BCUT2D eigenvalue weighted by atomic mass is 16.6. The van der Waals surface area contributed by atoms with Gasteiger partial charge in [0, 0.05) is 19.6 Å². The van der Waals surface area contributed by atoms with Crippen molar-refractivity contribution in [2.75, 3.05) is 32.8 Å². The normalized spacial score (nSPS) is 37.3. The van der Waals surface area contributed by atoms with E-state index in [2.05, 4.69) is 6.92 Å². The van der Waals surface area contributed by atoms with Crippen LogP contribution in [-0.4, -0.2) is 82.8 Å². The average molecular weight is 461 g/mol. The number of nitrogens with zero attached hydrogens (tertiary/aromatic N) is 2. The van der Waals surface area contributed by atoms with Crippen molar-refractivity contribution in [3.05, 3.63) is 24.3 Å². The summed E-state index contributed by atoms with van der Waals surface area (Å²) in [5, 5.41) is 9.71. The van der Waals surface area contributed by atoms with Crippen molar-refractivity contribution in [3.63, 3.8) is 0 Å². The van der Waals surface area contributed by atoms with Crippen LogP contribution < -0.4 is 0 Å². The zero-order valence-electron chi connectivity index (χ0n) is 19.7. The lowest BCUT2D eigenvalue weighted by atomic mass is 9.73. The predicted molar refractivity (Wildman–Crippen MR) is 121 cm³/mol. The number of likely N-dealkylation sites (tertiary alicyclic amines) is 1. The van der Waals surface area contributed by atoms with Crippen LogP contribution in [-0.2, 0) is 23.9 Å². The maximum atomic E-state index is 13.8. The number of ether oxygens (including phenoxy) is 2. The van der Waals surface area contributed by atoms with E-state index in [9.17, 15) is 19.5 Å². The highest BCUT2D eigenvalue weighted by Crippen LogP contribution is 2.58. The molecule has 0 aliphatic carbocycles. The van der Waals surface area contributed by atoms with E-state index in [-0.39, 0.29) is 25.0 Å². The molecule has 4 aliphatic rings. The topological polar surface area (TPSA) is 96.4 Å². The third-order valence-electron chi connectivity index (χ3n) is 7.59. The highest BCUT2D eigenvalue weighted by molar-refractivity contribution is 5.99. The van der Waals surface area contributed by atoms with E-state index in [4.69, 9.17) is 9.47 Å². The molecule has 1 N–H and O–H groups in total. The van der Waals surface area contributed by atoms with Gasteiger partial charge in [-0.3, -0.25) is 14.4 Å². The van der Waals surface area contributed by atoms with Gasteiger partial charge in [-0.2, -0.15) is 0 Å². The second-order valence-corrected chi connectivity index (χ2v) is 9.48. The third-order valence-corrected chi connectivity index (χ3v) is 7.59. The SMILES string of the molecule is CCCCN1CC=C[C@]23O[C@]4(CC)/C=C\CCCCOC(=O)[C@@H]4[C@H]2C(=O)N(CCO)C3C1=O. The molecule has 8 nitrogen and oxygen atoms in total. The van der Waals surface area contributed by atoms with Crippen molar-refractivity contribution in [1.82, 2.24) is 9.80 Å². The van der Waals surface area contributed by atoms with E-state index in [0.717, 1.165) is 32.1 Å². The predicted octanol–water partition coefficient (Wildman–Crippen LogP) is 1.82. The maximum absolute atomic E-state index is 13.8. The standard InChI is InChI=1S/C25H36N2O6/c1-3-5-13-26-14-10-12-25-18(21(29)27(15-16-28)20(25)22(26)30)19-23(31)32-17-9-7-6-8-11-24(19,4-2)33-25/h8,10-12,18-20,28H,3-7,9,13-17H2,1-2H3/b11-8-/t18-,19-,20?,24+,25-/m0/s1. The number of allylic oxidation sites excluding steroid dienone is 1. The molecule has 4 rings (SSSR count). The van der Waals surface area contributed by atoms with Gasteiger partial charge in [-0.1, -0.05) is 44.6 Å². The van der Waals surface area contributed by atoms with Crippen molar-refractivity contribution < 1.29 is 29.0 Å². The van der Waals surface area contributed by atoms with E-state index >= 15 is 0 Å². The summed E-state index contributed by atoms with van der Waals surface area (Å²) < 4.78 is 12.4. The van der Waals surface area contributed by atoms with Crippen LogP contribution in [0.3, 0.4) is 0 Å². The number of rotatable bonds is 6. The Labute approximate surface area is 195 Å². The van der Waals surface area contributed by atoms with Gasteiger partial charge in [0.2, 0.25) is 11.8 Å². The highest BCUT2D eigenvalue weighted by Gasteiger charge is 2.75. The van der Waals surface area contributed by atoms with E-state index in [1.165, 1.54) is 4.90 Å². The van der Waals surface area contributed by atoms with Crippen molar-refractivity contribution >= 4 is 17.8 Å². The molecular formula is C25H36N2O6.